The van der Waals surface area contributed by atoms with Crippen LogP contribution in [0, 0.1) is 0 Å². The molecule has 6 nitrogen and oxygen atoms in total. The van der Waals surface area contributed by atoms with Crippen molar-refractivity contribution < 1.29 is 9.53 Å². The van der Waals surface area contributed by atoms with Crippen molar-refractivity contribution in [3.8, 4) is 5.75 Å². The van der Waals surface area contributed by atoms with Crippen molar-refractivity contribution in [2.75, 3.05) is 25.4 Å². The topological polar surface area (TPSA) is 59.4 Å². The summed E-state index contributed by atoms with van der Waals surface area (Å²) < 4.78 is 8.26. The summed E-state index contributed by atoms with van der Waals surface area (Å²) in [6.45, 7) is 2.35. The van der Waals surface area contributed by atoms with E-state index in [0.717, 1.165) is 27.8 Å². The molecule has 4 rings (SSSR count). The first-order valence-electron chi connectivity index (χ1n) is 9.55. The second-order valence-electron chi connectivity index (χ2n) is 6.96. The molecule has 1 amide bonds. The van der Waals surface area contributed by atoms with Gasteiger partial charge in [-0.1, -0.05) is 30.0 Å². The van der Waals surface area contributed by atoms with Gasteiger partial charge in [0.2, 0.25) is 5.91 Å². The zero-order valence-electron chi connectivity index (χ0n) is 16.3. The second-order valence-corrected chi connectivity index (χ2v) is 8.80. The van der Waals surface area contributed by atoms with Gasteiger partial charge < -0.3 is 14.6 Å². The van der Waals surface area contributed by atoms with Crippen molar-refractivity contribution in [2.45, 2.75) is 17.8 Å². The molecule has 0 aliphatic carbocycles. The Hall–Kier alpha value is -2.29. The SMILES string of the molecule is Cn1ccnc1SCCNC(=O)CN1Cc2ccccc2OC(c2ccsc2)C1. The van der Waals surface area contributed by atoms with Crippen molar-refractivity contribution in [2.24, 2.45) is 7.05 Å². The number of ether oxygens (including phenoxy) is 1. The number of hydrogen-bond donors (Lipinski definition) is 1. The van der Waals surface area contributed by atoms with E-state index in [1.807, 2.05) is 36.0 Å². The second kappa shape index (κ2) is 9.47. The van der Waals surface area contributed by atoms with Crippen molar-refractivity contribution in [1.29, 1.82) is 0 Å². The van der Waals surface area contributed by atoms with E-state index >= 15 is 0 Å². The molecule has 0 fully saturated rings. The molecular weight excluding hydrogens is 404 g/mol. The maximum Gasteiger partial charge on any atom is 0.234 e. The Bertz CT molecular complexity index is 942. The smallest absolute Gasteiger partial charge is 0.234 e. The monoisotopic (exact) mass is 428 g/mol. The lowest BCUT2D eigenvalue weighted by Gasteiger charge is -2.23. The lowest BCUT2D eigenvalue weighted by atomic mass is 10.2. The minimum Gasteiger partial charge on any atom is -0.484 e. The minimum atomic E-state index is -0.0725. The summed E-state index contributed by atoms with van der Waals surface area (Å²) in [6.07, 6.45) is 3.63. The average Bonchev–Trinajstić information content (AvgIpc) is 3.34. The van der Waals surface area contributed by atoms with Gasteiger partial charge in [0, 0.05) is 56.0 Å². The van der Waals surface area contributed by atoms with E-state index in [2.05, 4.69) is 38.1 Å². The number of para-hydroxylation sites is 1. The number of fused-ring (bicyclic) bond motifs is 1. The molecule has 1 aliphatic rings. The standard InChI is InChI=1S/C21H24N4O2S2/c1-24-9-7-23-21(24)29-11-8-22-20(26)14-25-12-16-4-2-3-5-18(16)27-19(13-25)17-6-10-28-15-17/h2-7,9-10,15,19H,8,11-14H2,1H3,(H,22,26). The number of rotatable bonds is 7. The first kappa shape index (κ1) is 20.0. The third-order valence-electron chi connectivity index (χ3n) is 4.77. The fourth-order valence-electron chi connectivity index (χ4n) is 3.31. The van der Waals surface area contributed by atoms with E-state index in [1.54, 1.807) is 29.3 Å². The highest BCUT2D eigenvalue weighted by atomic mass is 32.2. The van der Waals surface area contributed by atoms with Crippen LogP contribution in [0.2, 0.25) is 0 Å². The van der Waals surface area contributed by atoms with Gasteiger partial charge in [0.25, 0.3) is 0 Å². The van der Waals surface area contributed by atoms with Gasteiger partial charge in [-0.3, -0.25) is 9.69 Å². The number of carbonyl (C=O) groups is 1. The quantitative estimate of drug-likeness (QED) is 0.462. The number of hydrogen-bond acceptors (Lipinski definition) is 6. The predicted molar refractivity (Wildman–Crippen MR) is 116 cm³/mol. The number of nitrogens with zero attached hydrogens (tertiary/aromatic N) is 3. The van der Waals surface area contributed by atoms with Gasteiger partial charge in [-0.25, -0.2) is 4.98 Å². The lowest BCUT2D eigenvalue weighted by Crippen LogP contribution is -2.39. The summed E-state index contributed by atoms with van der Waals surface area (Å²) in [5.41, 5.74) is 2.27. The van der Waals surface area contributed by atoms with Gasteiger partial charge in [0.1, 0.15) is 11.9 Å². The van der Waals surface area contributed by atoms with E-state index in [-0.39, 0.29) is 12.0 Å². The third kappa shape index (κ3) is 5.20. The predicted octanol–water partition coefficient (Wildman–Crippen LogP) is 3.33. The normalized spacial score (nSPS) is 16.7. The molecule has 1 atom stereocenters. The molecule has 0 saturated carbocycles. The molecule has 8 heteroatoms. The van der Waals surface area contributed by atoms with Gasteiger partial charge in [-0.2, -0.15) is 11.3 Å². The lowest BCUT2D eigenvalue weighted by molar-refractivity contribution is -0.122. The number of aryl methyl sites for hydroxylation is 1. The van der Waals surface area contributed by atoms with Crippen molar-refractivity contribution in [3.05, 3.63) is 64.6 Å². The number of nitrogens with one attached hydrogen (secondary N) is 1. The molecular formula is C21H24N4O2S2. The molecule has 0 radical (unpaired) electrons. The Labute approximate surface area is 178 Å². The first-order chi connectivity index (χ1) is 14.2. The molecule has 1 unspecified atom stereocenters. The van der Waals surface area contributed by atoms with E-state index in [9.17, 15) is 4.79 Å². The van der Waals surface area contributed by atoms with Gasteiger partial charge in [-0.05, 0) is 22.9 Å². The van der Waals surface area contributed by atoms with Crippen LogP contribution in [-0.4, -0.2) is 45.7 Å². The van der Waals surface area contributed by atoms with Gasteiger partial charge >= 0.3 is 0 Å². The van der Waals surface area contributed by atoms with E-state index < -0.39 is 0 Å². The summed E-state index contributed by atoms with van der Waals surface area (Å²) >= 11 is 3.30. The maximum atomic E-state index is 12.5. The number of thiophene rings is 1. The molecule has 3 heterocycles. The van der Waals surface area contributed by atoms with Crippen molar-refractivity contribution in [1.82, 2.24) is 19.8 Å². The summed E-state index contributed by atoms with van der Waals surface area (Å²) in [6, 6.07) is 10.2. The number of thioether (sulfide) groups is 1. The highest BCUT2D eigenvalue weighted by Crippen LogP contribution is 2.31. The van der Waals surface area contributed by atoms with E-state index in [1.165, 1.54) is 0 Å². The Balaban J connectivity index is 1.34. The average molecular weight is 429 g/mol. The molecule has 1 N–H and O–H groups in total. The molecule has 3 aromatic rings. The highest BCUT2D eigenvalue weighted by Gasteiger charge is 2.25. The number of imidazole rings is 1. The molecule has 29 heavy (non-hydrogen) atoms. The van der Waals surface area contributed by atoms with Gasteiger partial charge in [0.15, 0.2) is 5.16 Å². The number of carbonyl (C=O) groups excluding carboxylic acids is 1. The summed E-state index contributed by atoms with van der Waals surface area (Å²) in [5, 5.41) is 8.16. The van der Waals surface area contributed by atoms with Gasteiger partial charge in [0.05, 0.1) is 6.54 Å². The fourth-order valence-corrected chi connectivity index (χ4v) is 4.80. The minimum absolute atomic E-state index is 0.0360. The zero-order chi connectivity index (χ0) is 20.1. The van der Waals surface area contributed by atoms with Crippen LogP contribution in [0.25, 0.3) is 0 Å². The number of amides is 1. The largest absolute Gasteiger partial charge is 0.484 e. The van der Waals surface area contributed by atoms with Crippen LogP contribution in [-0.2, 0) is 18.4 Å². The molecule has 0 bridgehead atoms. The Morgan fingerprint density at radius 2 is 2.28 bits per heavy atom. The fraction of sp³-hybridized carbons (Fsp3) is 0.333. The summed E-state index contributed by atoms with van der Waals surface area (Å²) in [4.78, 5) is 19.0. The highest BCUT2D eigenvalue weighted by molar-refractivity contribution is 7.99. The van der Waals surface area contributed by atoms with Crippen LogP contribution in [0.5, 0.6) is 5.75 Å². The Kier molecular flexibility index (Phi) is 6.53. The van der Waals surface area contributed by atoms with Crippen molar-refractivity contribution in [3.63, 3.8) is 0 Å². The zero-order valence-corrected chi connectivity index (χ0v) is 17.9. The van der Waals surface area contributed by atoms with Crippen LogP contribution < -0.4 is 10.1 Å². The number of benzene rings is 1. The maximum absolute atomic E-state index is 12.5. The molecule has 1 aromatic carbocycles. The Morgan fingerprint density at radius 3 is 3.07 bits per heavy atom. The summed E-state index contributed by atoms with van der Waals surface area (Å²) in [5.74, 6) is 1.73. The molecule has 0 spiro atoms. The van der Waals surface area contributed by atoms with Gasteiger partial charge in [-0.15, -0.1) is 0 Å². The third-order valence-corrected chi connectivity index (χ3v) is 6.54. The summed E-state index contributed by atoms with van der Waals surface area (Å²) in [7, 11) is 1.97. The van der Waals surface area contributed by atoms with E-state index in [4.69, 9.17) is 4.74 Å². The molecule has 2 aromatic heterocycles. The first-order valence-corrected chi connectivity index (χ1v) is 11.5. The molecule has 152 valence electrons. The van der Waals surface area contributed by atoms with Crippen LogP contribution >= 0.6 is 23.1 Å². The van der Waals surface area contributed by atoms with Crippen LogP contribution in [0.15, 0.2) is 58.6 Å². The number of aromatic nitrogens is 2. The van der Waals surface area contributed by atoms with Crippen LogP contribution in [0.1, 0.15) is 17.2 Å². The Morgan fingerprint density at radius 1 is 1.38 bits per heavy atom. The van der Waals surface area contributed by atoms with E-state index in [0.29, 0.717) is 26.2 Å². The van der Waals surface area contributed by atoms with Crippen LogP contribution in [0.3, 0.4) is 0 Å². The van der Waals surface area contributed by atoms with Crippen molar-refractivity contribution >= 4 is 29.0 Å². The van der Waals surface area contributed by atoms with Crippen LogP contribution in [0.4, 0.5) is 0 Å². The molecule has 0 saturated heterocycles. The molecule has 1 aliphatic heterocycles.